The molecule has 3 rings (SSSR count). The molecule has 1 aliphatic heterocycles. The maximum atomic E-state index is 13.6. The second-order valence-electron chi connectivity index (χ2n) is 8.60. The van der Waals surface area contributed by atoms with Gasteiger partial charge in [0.2, 0.25) is 0 Å². The van der Waals surface area contributed by atoms with E-state index >= 15 is 0 Å². The molecular formula is C25H30FNO4. The number of carbonyl (C=O) groups excluding carboxylic acids is 1. The summed E-state index contributed by atoms with van der Waals surface area (Å²) in [4.78, 5) is 16.6. The van der Waals surface area contributed by atoms with Crippen LogP contribution >= 0.6 is 0 Å². The van der Waals surface area contributed by atoms with Crippen LogP contribution in [0.1, 0.15) is 74.9 Å². The van der Waals surface area contributed by atoms with Crippen molar-refractivity contribution < 1.29 is 24.1 Å². The van der Waals surface area contributed by atoms with Crippen LogP contribution in [0.5, 0.6) is 0 Å². The molecule has 0 bridgehead atoms. The molecule has 166 valence electrons. The second kappa shape index (κ2) is 9.71. The predicted octanol–water partition coefficient (Wildman–Crippen LogP) is 4.71. The molecule has 2 atom stereocenters. The fraction of sp³-hybridized carbons (Fsp3) is 0.440. The summed E-state index contributed by atoms with van der Waals surface area (Å²) in [5.41, 5.74) is 4.72. The molecule has 0 unspecified atom stereocenters. The highest BCUT2D eigenvalue weighted by Gasteiger charge is 2.26. The lowest BCUT2D eigenvalue weighted by molar-refractivity contribution is -0.156. The molecule has 0 spiro atoms. The van der Waals surface area contributed by atoms with Crippen molar-refractivity contribution in [2.45, 2.75) is 71.2 Å². The average molecular weight is 428 g/mol. The van der Waals surface area contributed by atoms with Gasteiger partial charge < -0.3 is 14.9 Å². The lowest BCUT2D eigenvalue weighted by Crippen LogP contribution is -2.31. The van der Waals surface area contributed by atoms with Crippen LogP contribution in [0.4, 0.5) is 4.39 Å². The van der Waals surface area contributed by atoms with Crippen molar-refractivity contribution in [1.82, 2.24) is 4.98 Å². The zero-order valence-corrected chi connectivity index (χ0v) is 18.4. The Kier molecular flexibility index (Phi) is 7.23. The van der Waals surface area contributed by atoms with Crippen molar-refractivity contribution in [3.8, 4) is 11.1 Å². The number of rotatable bonds is 6. The number of aromatic nitrogens is 1. The quantitative estimate of drug-likeness (QED) is 0.653. The van der Waals surface area contributed by atoms with E-state index in [9.17, 15) is 19.4 Å². The van der Waals surface area contributed by atoms with Crippen LogP contribution < -0.4 is 0 Å². The number of hydrogen-bond donors (Lipinski definition) is 2. The number of halogens is 1. The van der Waals surface area contributed by atoms with Gasteiger partial charge in [0.15, 0.2) is 0 Å². The van der Waals surface area contributed by atoms with E-state index in [1.807, 2.05) is 33.8 Å². The Morgan fingerprint density at radius 2 is 1.81 bits per heavy atom. The van der Waals surface area contributed by atoms with Gasteiger partial charge in [0, 0.05) is 23.2 Å². The van der Waals surface area contributed by atoms with Gasteiger partial charge in [-0.05, 0) is 41.2 Å². The Morgan fingerprint density at radius 1 is 1.16 bits per heavy atom. The smallest absolute Gasteiger partial charge is 0.309 e. The highest BCUT2D eigenvalue weighted by atomic mass is 19.1. The molecule has 1 aliphatic rings. The van der Waals surface area contributed by atoms with E-state index in [0.29, 0.717) is 12.0 Å². The van der Waals surface area contributed by atoms with Gasteiger partial charge in [0.1, 0.15) is 11.9 Å². The van der Waals surface area contributed by atoms with E-state index in [0.717, 1.165) is 28.1 Å². The van der Waals surface area contributed by atoms with Crippen molar-refractivity contribution in [3.63, 3.8) is 0 Å². The maximum Gasteiger partial charge on any atom is 0.309 e. The first kappa shape index (κ1) is 23.1. The lowest BCUT2D eigenvalue weighted by atomic mass is 9.87. The van der Waals surface area contributed by atoms with Gasteiger partial charge in [-0.2, -0.15) is 0 Å². The van der Waals surface area contributed by atoms with E-state index < -0.39 is 18.2 Å². The molecule has 0 amide bonds. The minimum Gasteiger partial charge on any atom is -0.458 e. The minimum atomic E-state index is -0.730. The third-order valence-electron chi connectivity index (χ3n) is 5.45. The predicted molar refractivity (Wildman–Crippen MR) is 118 cm³/mol. The highest BCUT2D eigenvalue weighted by Crippen LogP contribution is 2.37. The number of nitrogens with zero attached hydrogens (tertiary/aromatic N) is 1. The fourth-order valence-corrected chi connectivity index (χ4v) is 4.00. The molecule has 2 N–H and O–H groups in total. The Balaban J connectivity index is 2.22. The first-order chi connectivity index (χ1) is 14.7. The van der Waals surface area contributed by atoms with E-state index in [-0.39, 0.29) is 30.7 Å². The standard InChI is InChI=1S/C25H30FNO4/c1-14(2)24-20(10-9-19-11-18(29)12-22(30)31-19)23(16-5-7-17(26)8-6-16)21(13-28)25(27-24)15(3)4/h5-10,14-15,18-19,28-29H,11-13H2,1-4H3/b10-9+/t18-,19-/m1/s1. The highest BCUT2D eigenvalue weighted by molar-refractivity contribution is 5.80. The number of aliphatic hydroxyl groups excluding tert-OH is 2. The van der Waals surface area contributed by atoms with Gasteiger partial charge in [0.05, 0.1) is 24.8 Å². The van der Waals surface area contributed by atoms with Crippen molar-refractivity contribution in [1.29, 1.82) is 0 Å². The number of carbonyl (C=O) groups is 1. The third kappa shape index (κ3) is 5.20. The van der Waals surface area contributed by atoms with Crippen LogP contribution in [0.3, 0.4) is 0 Å². The van der Waals surface area contributed by atoms with Crippen molar-refractivity contribution in [3.05, 3.63) is 58.7 Å². The molecule has 1 fully saturated rings. The molecule has 31 heavy (non-hydrogen) atoms. The Morgan fingerprint density at radius 3 is 2.35 bits per heavy atom. The van der Waals surface area contributed by atoms with Crippen LogP contribution in [0.15, 0.2) is 30.3 Å². The van der Waals surface area contributed by atoms with Crippen LogP contribution in [0.2, 0.25) is 0 Å². The molecule has 6 heteroatoms. The summed E-state index contributed by atoms with van der Waals surface area (Å²) in [7, 11) is 0. The van der Waals surface area contributed by atoms with Gasteiger partial charge in [0.25, 0.3) is 0 Å². The topological polar surface area (TPSA) is 79.7 Å². The normalized spacial score (nSPS) is 19.5. The van der Waals surface area contributed by atoms with Crippen LogP contribution in [0, 0.1) is 5.82 Å². The van der Waals surface area contributed by atoms with Gasteiger partial charge >= 0.3 is 5.97 Å². The first-order valence-electron chi connectivity index (χ1n) is 10.7. The Hall–Kier alpha value is -2.57. The maximum absolute atomic E-state index is 13.6. The lowest BCUT2D eigenvalue weighted by Gasteiger charge is -2.25. The average Bonchev–Trinajstić information content (AvgIpc) is 2.70. The summed E-state index contributed by atoms with van der Waals surface area (Å²) in [6, 6.07) is 6.18. The zero-order valence-electron chi connectivity index (χ0n) is 18.4. The number of esters is 1. The molecule has 0 aliphatic carbocycles. The molecule has 1 aromatic carbocycles. The van der Waals surface area contributed by atoms with Gasteiger partial charge in [-0.25, -0.2) is 4.39 Å². The number of ether oxygens (including phenoxy) is 1. The van der Waals surface area contributed by atoms with E-state index in [2.05, 4.69) is 0 Å². The first-order valence-corrected chi connectivity index (χ1v) is 10.7. The fourth-order valence-electron chi connectivity index (χ4n) is 4.00. The molecular weight excluding hydrogens is 397 g/mol. The summed E-state index contributed by atoms with van der Waals surface area (Å²) >= 11 is 0. The summed E-state index contributed by atoms with van der Waals surface area (Å²) < 4.78 is 19.0. The monoisotopic (exact) mass is 427 g/mol. The number of pyridine rings is 1. The van der Waals surface area contributed by atoms with Gasteiger partial charge in [-0.1, -0.05) is 45.9 Å². The van der Waals surface area contributed by atoms with Crippen molar-refractivity contribution in [2.24, 2.45) is 0 Å². The SMILES string of the molecule is CC(C)c1nc(C(C)C)c(CO)c(-c2ccc(F)cc2)c1/C=C/[C@@H]1C[C@@H](O)CC(=O)O1. The number of aliphatic hydroxyl groups is 2. The Bertz CT molecular complexity index is 966. The van der Waals surface area contributed by atoms with Crippen LogP contribution in [0.25, 0.3) is 17.2 Å². The molecule has 2 aromatic rings. The summed E-state index contributed by atoms with van der Waals surface area (Å²) in [5, 5.41) is 20.2. The van der Waals surface area contributed by atoms with E-state index in [4.69, 9.17) is 9.72 Å². The van der Waals surface area contributed by atoms with Crippen molar-refractivity contribution in [2.75, 3.05) is 0 Å². The van der Waals surface area contributed by atoms with Gasteiger partial charge in [-0.15, -0.1) is 0 Å². The molecule has 5 nitrogen and oxygen atoms in total. The number of benzene rings is 1. The molecule has 1 aromatic heterocycles. The molecule has 1 saturated heterocycles. The van der Waals surface area contributed by atoms with Gasteiger partial charge in [-0.3, -0.25) is 9.78 Å². The summed E-state index contributed by atoms with van der Waals surface area (Å²) in [6.07, 6.45) is 2.66. The molecule has 0 saturated carbocycles. The zero-order chi connectivity index (χ0) is 22.7. The van der Waals surface area contributed by atoms with Crippen LogP contribution in [-0.4, -0.2) is 33.4 Å². The molecule has 0 radical (unpaired) electrons. The van der Waals surface area contributed by atoms with E-state index in [1.165, 1.54) is 12.1 Å². The van der Waals surface area contributed by atoms with Crippen LogP contribution in [-0.2, 0) is 16.1 Å². The molecule has 2 heterocycles. The number of hydrogen-bond acceptors (Lipinski definition) is 5. The number of cyclic esters (lactones) is 1. The summed E-state index contributed by atoms with van der Waals surface area (Å²) in [6.45, 7) is 7.93. The largest absolute Gasteiger partial charge is 0.458 e. The second-order valence-corrected chi connectivity index (χ2v) is 8.60. The van der Waals surface area contributed by atoms with Crippen molar-refractivity contribution >= 4 is 12.0 Å². The summed E-state index contributed by atoms with van der Waals surface area (Å²) in [5.74, 6) is -0.591. The Labute approximate surface area is 182 Å². The van der Waals surface area contributed by atoms with E-state index in [1.54, 1.807) is 18.2 Å². The third-order valence-corrected chi connectivity index (χ3v) is 5.45. The minimum absolute atomic E-state index is 0.00170.